The van der Waals surface area contributed by atoms with Crippen LogP contribution in [0.3, 0.4) is 0 Å². The van der Waals surface area contributed by atoms with Crippen LogP contribution in [0.1, 0.15) is 59.3 Å². The van der Waals surface area contributed by atoms with Gasteiger partial charge in [-0.3, -0.25) is 0 Å². The molecule has 0 spiro atoms. The van der Waals surface area contributed by atoms with Gasteiger partial charge in [0.2, 0.25) is 0 Å². The second-order valence-corrected chi connectivity index (χ2v) is 4.27. The van der Waals surface area contributed by atoms with Crippen LogP contribution in [0.2, 0.25) is 0 Å². The van der Waals surface area contributed by atoms with E-state index in [-0.39, 0.29) is 0 Å². The molecule has 0 unspecified atom stereocenters. The molecule has 0 saturated heterocycles. The van der Waals surface area contributed by atoms with Crippen LogP contribution in [-0.2, 0) is 0 Å². The minimum absolute atomic E-state index is 1.03. The van der Waals surface area contributed by atoms with Gasteiger partial charge in [0.25, 0.3) is 0 Å². The highest BCUT2D eigenvalue weighted by atomic mass is 14.0. The lowest BCUT2D eigenvalue weighted by Crippen LogP contribution is -1.79. The van der Waals surface area contributed by atoms with Gasteiger partial charge in [-0.2, -0.15) is 0 Å². The Kier molecular flexibility index (Phi) is 9.26. The average Bonchev–Trinajstić information content (AvgIpc) is 2.18. The molecule has 0 nitrogen and oxygen atoms in total. The highest BCUT2D eigenvalue weighted by Gasteiger charge is 1.90. The summed E-state index contributed by atoms with van der Waals surface area (Å²) in [4.78, 5) is 0. The van der Waals surface area contributed by atoms with E-state index >= 15 is 0 Å². The van der Waals surface area contributed by atoms with Crippen LogP contribution in [0.15, 0.2) is 36.0 Å². The van der Waals surface area contributed by atoms with Crippen molar-refractivity contribution < 1.29 is 0 Å². The Morgan fingerprint density at radius 1 is 1.07 bits per heavy atom. The van der Waals surface area contributed by atoms with Crippen molar-refractivity contribution in [3.8, 4) is 0 Å². The maximum absolute atomic E-state index is 3.74. The van der Waals surface area contributed by atoms with E-state index < -0.39 is 0 Å². The normalized spacial score (nSPS) is 13.0. The number of rotatable bonds is 8. The number of unbranched alkanes of at least 4 members (excludes halogenated alkanes) is 2. The van der Waals surface area contributed by atoms with Gasteiger partial charge in [-0.15, -0.1) is 6.58 Å². The number of hydrogen-bond acceptors (Lipinski definition) is 0. The molecule has 0 aromatic rings. The van der Waals surface area contributed by atoms with Gasteiger partial charge < -0.3 is 0 Å². The Balaban J connectivity index is 3.70. The molecule has 0 fully saturated rings. The highest BCUT2D eigenvalue weighted by Crippen LogP contribution is 2.10. The summed E-state index contributed by atoms with van der Waals surface area (Å²) in [6.07, 6.45) is 14.0. The van der Waals surface area contributed by atoms with Crippen LogP contribution in [0.5, 0.6) is 0 Å². The van der Waals surface area contributed by atoms with E-state index in [4.69, 9.17) is 0 Å². The first kappa shape index (κ1) is 14.2. The number of allylic oxidation sites excluding steroid dienone is 5. The van der Waals surface area contributed by atoms with E-state index in [0.717, 1.165) is 6.42 Å². The Bertz CT molecular complexity index is 218. The van der Waals surface area contributed by atoms with Gasteiger partial charge in [0.15, 0.2) is 0 Å². The fourth-order valence-corrected chi connectivity index (χ4v) is 1.51. The van der Waals surface area contributed by atoms with Gasteiger partial charge in [0.05, 0.1) is 0 Å². The van der Waals surface area contributed by atoms with Crippen LogP contribution in [0.25, 0.3) is 0 Å². The molecule has 0 saturated carbocycles. The third-order valence-electron chi connectivity index (χ3n) is 2.55. The molecule has 0 aromatic carbocycles. The van der Waals surface area contributed by atoms with Crippen LogP contribution in [-0.4, -0.2) is 0 Å². The van der Waals surface area contributed by atoms with Crippen molar-refractivity contribution in [3.05, 3.63) is 36.0 Å². The molecule has 0 rings (SSSR count). The van der Waals surface area contributed by atoms with Crippen LogP contribution in [0.4, 0.5) is 0 Å². The van der Waals surface area contributed by atoms with E-state index in [9.17, 15) is 0 Å². The van der Waals surface area contributed by atoms with Crippen molar-refractivity contribution in [2.75, 3.05) is 0 Å². The van der Waals surface area contributed by atoms with Crippen LogP contribution < -0.4 is 0 Å². The Labute approximate surface area is 95.8 Å². The summed E-state index contributed by atoms with van der Waals surface area (Å²) in [6.45, 7) is 10.4. The summed E-state index contributed by atoms with van der Waals surface area (Å²) >= 11 is 0. The van der Waals surface area contributed by atoms with Crippen molar-refractivity contribution in [1.82, 2.24) is 0 Å². The SMILES string of the molecule is C=CCC(C)=CCCC(C)=CCCCC. The molecule has 0 aliphatic rings. The molecule has 0 amide bonds. The molecule has 0 bridgehead atoms. The molecular weight excluding hydrogens is 180 g/mol. The second-order valence-electron chi connectivity index (χ2n) is 4.27. The minimum atomic E-state index is 1.03. The lowest BCUT2D eigenvalue weighted by Gasteiger charge is -2.00. The van der Waals surface area contributed by atoms with Crippen molar-refractivity contribution in [3.63, 3.8) is 0 Å². The fourth-order valence-electron chi connectivity index (χ4n) is 1.51. The smallest absolute Gasteiger partial charge is 0.0144 e. The zero-order valence-corrected chi connectivity index (χ0v) is 10.7. The summed E-state index contributed by atoms with van der Waals surface area (Å²) in [5.41, 5.74) is 2.97. The van der Waals surface area contributed by atoms with Crippen molar-refractivity contribution in [1.29, 1.82) is 0 Å². The summed E-state index contributed by atoms with van der Waals surface area (Å²) in [5, 5.41) is 0. The van der Waals surface area contributed by atoms with Crippen LogP contribution >= 0.6 is 0 Å². The zero-order chi connectivity index (χ0) is 11.5. The average molecular weight is 206 g/mol. The maximum atomic E-state index is 3.74. The molecular formula is C15H26. The molecule has 86 valence electrons. The standard InChI is InChI=1S/C15H26/c1-5-7-8-11-15(4)13-9-12-14(3)10-6-2/h6,11-12H,2,5,7-10,13H2,1,3-4H3. The van der Waals surface area contributed by atoms with E-state index in [1.54, 1.807) is 0 Å². The first-order chi connectivity index (χ1) is 7.20. The van der Waals surface area contributed by atoms with Crippen molar-refractivity contribution in [2.45, 2.75) is 59.3 Å². The molecule has 0 N–H and O–H groups in total. The predicted molar refractivity (Wildman–Crippen MR) is 71.1 cm³/mol. The van der Waals surface area contributed by atoms with Gasteiger partial charge >= 0.3 is 0 Å². The molecule has 0 aromatic heterocycles. The third-order valence-corrected chi connectivity index (χ3v) is 2.55. The second kappa shape index (κ2) is 9.76. The van der Waals surface area contributed by atoms with Crippen molar-refractivity contribution >= 4 is 0 Å². The number of hydrogen-bond donors (Lipinski definition) is 0. The first-order valence-electron chi connectivity index (χ1n) is 6.12. The summed E-state index contributed by atoms with van der Waals surface area (Å²) in [5.74, 6) is 0. The Morgan fingerprint density at radius 2 is 1.73 bits per heavy atom. The lowest BCUT2D eigenvalue weighted by atomic mass is 10.1. The van der Waals surface area contributed by atoms with Gasteiger partial charge in [-0.1, -0.05) is 49.1 Å². The Hall–Kier alpha value is -0.780. The quantitative estimate of drug-likeness (QED) is 0.367. The van der Waals surface area contributed by atoms with Gasteiger partial charge in [0, 0.05) is 0 Å². The highest BCUT2D eigenvalue weighted by molar-refractivity contribution is 5.05. The largest absolute Gasteiger partial charge is 0.103 e. The van der Waals surface area contributed by atoms with Crippen molar-refractivity contribution in [2.24, 2.45) is 0 Å². The summed E-state index contributed by atoms with van der Waals surface area (Å²) < 4.78 is 0. The lowest BCUT2D eigenvalue weighted by molar-refractivity contribution is 0.804. The van der Waals surface area contributed by atoms with E-state index in [1.807, 2.05) is 6.08 Å². The molecule has 0 aliphatic heterocycles. The molecule has 15 heavy (non-hydrogen) atoms. The first-order valence-corrected chi connectivity index (χ1v) is 6.12. The molecule has 0 radical (unpaired) electrons. The third kappa shape index (κ3) is 9.52. The van der Waals surface area contributed by atoms with E-state index in [1.165, 1.54) is 43.3 Å². The van der Waals surface area contributed by atoms with Gasteiger partial charge in [-0.05, 0) is 39.5 Å². The molecule has 0 heteroatoms. The maximum Gasteiger partial charge on any atom is -0.0144 e. The molecule has 0 heterocycles. The summed E-state index contributed by atoms with van der Waals surface area (Å²) in [7, 11) is 0. The zero-order valence-electron chi connectivity index (χ0n) is 10.7. The minimum Gasteiger partial charge on any atom is -0.103 e. The molecule has 0 atom stereocenters. The topological polar surface area (TPSA) is 0 Å². The van der Waals surface area contributed by atoms with Crippen LogP contribution in [0, 0.1) is 0 Å². The molecule has 0 aliphatic carbocycles. The Morgan fingerprint density at radius 3 is 2.33 bits per heavy atom. The van der Waals surface area contributed by atoms with Gasteiger partial charge in [0.1, 0.15) is 0 Å². The van der Waals surface area contributed by atoms with E-state index in [2.05, 4.69) is 39.5 Å². The predicted octanol–water partition coefficient (Wildman–Crippen LogP) is 5.43. The van der Waals surface area contributed by atoms with Gasteiger partial charge in [-0.25, -0.2) is 0 Å². The van der Waals surface area contributed by atoms with E-state index in [0.29, 0.717) is 0 Å². The summed E-state index contributed by atoms with van der Waals surface area (Å²) in [6, 6.07) is 0. The fraction of sp³-hybridized carbons (Fsp3) is 0.600. The monoisotopic (exact) mass is 206 g/mol.